The lowest BCUT2D eigenvalue weighted by atomic mass is 10.2. The van der Waals surface area contributed by atoms with E-state index in [4.69, 9.17) is 14.5 Å². The van der Waals surface area contributed by atoms with Crippen LogP contribution in [-0.4, -0.2) is 39.0 Å². The van der Waals surface area contributed by atoms with Gasteiger partial charge in [-0.3, -0.25) is 0 Å². The fourth-order valence-electron chi connectivity index (χ4n) is 3.31. The lowest BCUT2D eigenvalue weighted by molar-refractivity contribution is 0.395. The molecule has 5 rings (SSSR count). The molecule has 3 aromatic heterocycles. The van der Waals surface area contributed by atoms with Crippen molar-refractivity contribution in [3.63, 3.8) is 0 Å². The Morgan fingerprint density at radius 2 is 1.91 bits per heavy atom. The molecule has 2 aromatic carbocycles. The topological polar surface area (TPSA) is 75.0 Å². The van der Waals surface area contributed by atoms with Gasteiger partial charge in [0.15, 0.2) is 5.65 Å². The Balaban J connectivity index is 1.37. The molecule has 0 bridgehead atoms. The summed E-state index contributed by atoms with van der Waals surface area (Å²) in [6, 6.07) is 15.7. The van der Waals surface area contributed by atoms with E-state index in [2.05, 4.69) is 20.4 Å². The molecule has 0 fully saturated rings. The number of fused-ring (bicyclic) bond motifs is 1. The lowest BCUT2D eigenvalue weighted by Crippen LogP contribution is -1.97. The monoisotopic (exact) mass is 461 g/mol. The van der Waals surface area contributed by atoms with Crippen LogP contribution in [0.15, 0.2) is 71.5 Å². The maximum absolute atomic E-state index is 5.52. The maximum atomic E-state index is 5.52. The number of ether oxygens (including phenoxy) is 2. The number of nitrogens with zero attached hydrogens (tertiary/aromatic N) is 5. The zero-order chi connectivity index (χ0) is 21.9. The van der Waals surface area contributed by atoms with Gasteiger partial charge in [0.05, 0.1) is 42.7 Å². The number of rotatable bonds is 7. The second-order valence-electron chi connectivity index (χ2n) is 6.81. The van der Waals surface area contributed by atoms with Crippen molar-refractivity contribution < 1.29 is 9.47 Å². The first-order valence-corrected chi connectivity index (χ1v) is 11.7. The second kappa shape index (κ2) is 8.97. The predicted octanol–water partition coefficient (Wildman–Crippen LogP) is 5.25. The quantitative estimate of drug-likeness (QED) is 0.242. The van der Waals surface area contributed by atoms with E-state index in [1.165, 1.54) is 0 Å². The van der Waals surface area contributed by atoms with E-state index in [0.717, 1.165) is 49.5 Å². The summed E-state index contributed by atoms with van der Waals surface area (Å²) in [5.41, 5.74) is 3.68. The second-order valence-corrected chi connectivity index (χ2v) is 8.63. The van der Waals surface area contributed by atoms with Crippen molar-refractivity contribution in [3.8, 4) is 27.8 Å². The first kappa shape index (κ1) is 20.5. The molecule has 0 saturated heterocycles. The van der Waals surface area contributed by atoms with E-state index in [9.17, 15) is 0 Å². The molecule has 0 unspecified atom stereocenters. The first-order valence-electron chi connectivity index (χ1n) is 9.80. The number of thiazole rings is 1. The average Bonchev–Trinajstić information content (AvgIpc) is 3.50. The third-order valence-electron chi connectivity index (χ3n) is 4.88. The van der Waals surface area contributed by atoms with E-state index in [1.807, 2.05) is 59.4 Å². The van der Waals surface area contributed by atoms with Gasteiger partial charge in [-0.15, -0.1) is 11.3 Å². The Morgan fingerprint density at radius 1 is 1.03 bits per heavy atom. The number of hydrogen-bond acceptors (Lipinski definition) is 8. The van der Waals surface area contributed by atoms with Crippen molar-refractivity contribution in [2.24, 2.45) is 0 Å². The minimum absolute atomic E-state index is 0.692. The molecule has 5 aromatic rings. The SMILES string of the molecule is COc1ccc(-c2nc(CSc3ncnc4c3cnn4-c3ccccc3)cs2)c(OC)c1. The van der Waals surface area contributed by atoms with Crippen molar-refractivity contribution >= 4 is 34.1 Å². The molecule has 160 valence electrons. The normalized spacial score (nSPS) is 11.1. The summed E-state index contributed by atoms with van der Waals surface area (Å²) in [6.45, 7) is 0. The molecule has 9 heteroatoms. The fourth-order valence-corrected chi connectivity index (χ4v) is 5.12. The number of methoxy groups -OCH3 is 2. The summed E-state index contributed by atoms with van der Waals surface area (Å²) >= 11 is 3.22. The Labute approximate surface area is 193 Å². The molecule has 0 aliphatic heterocycles. The van der Waals surface area contributed by atoms with Gasteiger partial charge in [-0.05, 0) is 24.3 Å². The van der Waals surface area contributed by atoms with Gasteiger partial charge in [0.25, 0.3) is 0 Å². The molecule has 0 atom stereocenters. The highest BCUT2D eigenvalue weighted by Gasteiger charge is 2.14. The molecule has 3 heterocycles. The van der Waals surface area contributed by atoms with Crippen LogP contribution >= 0.6 is 23.1 Å². The van der Waals surface area contributed by atoms with E-state index in [1.54, 1.807) is 43.6 Å². The summed E-state index contributed by atoms with van der Waals surface area (Å²) in [4.78, 5) is 13.7. The molecular formula is C23H19N5O2S2. The van der Waals surface area contributed by atoms with Crippen molar-refractivity contribution in [2.75, 3.05) is 14.2 Å². The van der Waals surface area contributed by atoms with Gasteiger partial charge in [-0.25, -0.2) is 19.6 Å². The van der Waals surface area contributed by atoms with Gasteiger partial charge < -0.3 is 9.47 Å². The van der Waals surface area contributed by atoms with Crippen molar-refractivity contribution in [1.29, 1.82) is 0 Å². The number of hydrogen-bond donors (Lipinski definition) is 0. The molecule has 7 nitrogen and oxygen atoms in total. The van der Waals surface area contributed by atoms with Gasteiger partial charge in [0.1, 0.15) is 27.9 Å². The van der Waals surface area contributed by atoms with E-state index in [-0.39, 0.29) is 0 Å². The summed E-state index contributed by atoms with van der Waals surface area (Å²) in [5, 5.41) is 9.30. The van der Waals surface area contributed by atoms with Gasteiger partial charge in [0.2, 0.25) is 0 Å². The molecule has 0 aliphatic carbocycles. The fraction of sp³-hybridized carbons (Fsp3) is 0.130. The standard InChI is InChI=1S/C23H19N5O2S2/c1-29-17-8-9-18(20(10-17)30-2)23-27-15(13-32-23)12-31-22-19-11-26-28(21(19)24-14-25-22)16-6-4-3-5-7-16/h3-11,13-14H,12H2,1-2H3. The molecule has 0 amide bonds. The molecular weight excluding hydrogens is 442 g/mol. The molecule has 0 saturated carbocycles. The predicted molar refractivity (Wildman–Crippen MR) is 127 cm³/mol. The highest BCUT2D eigenvalue weighted by atomic mass is 32.2. The van der Waals surface area contributed by atoms with Crippen LogP contribution in [-0.2, 0) is 5.75 Å². The smallest absolute Gasteiger partial charge is 0.167 e. The molecule has 0 N–H and O–H groups in total. The van der Waals surface area contributed by atoms with Crippen LogP contribution < -0.4 is 9.47 Å². The van der Waals surface area contributed by atoms with Crippen molar-refractivity contribution in [1.82, 2.24) is 24.7 Å². The number of benzene rings is 2. The Morgan fingerprint density at radius 3 is 2.72 bits per heavy atom. The Kier molecular flexibility index (Phi) is 5.74. The number of para-hydroxylation sites is 1. The highest BCUT2D eigenvalue weighted by molar-refractivity contribution is 7.98. The van der Waals surface area contributed by atoms with Crippen LogP contribution in [0.3, 0.4) is 0 Å². The van der Waals surface area contributed by atoms with Gasteiger partial charge in [-0.2, -0.15) is 5.10 Å². The van der Waals surface area contributed by atoms with Crippen LogP contribution in [0.2, 0.25) is 0 Å². The molecule has 0 radical (unpaired) electrons. The van der Waals surface area contributed by atoms with Crippen LogP contribution in [0.4, 0.5) is 0 Å². The minimum Gasteiger partial charge on any atom is -0.497 e. The maximum Gasteiger partial charge on any atom is 0.167 e. The van der Waals surface area contributed by atoms with E-state index >= 15 is 0 Å². The summed E-state index contributed by atoms with van der Waals surface area (Å²) in [7, 11) is 3.29. The molecule has 0 aliphatic rings. The van der Waals surface area contributed by atoms with Gasteiger partial charge >= 0.3 is 0 Å². The third-order valence-corrected chi connectivity index (χ3v) is 6.84. The summed E-state index contributed by atoms with van der Waals surface area (Å²) < 4.78 is 12.6. The van der Waals surface area contributed by atoms with Gasteiger partial charge in [-0.1, -0.05) is 30.0 Å². The zero-order valence-corrected chi connectivity index (χ0v) is 19.1. The Bertz CT molecular complexity index is 1370. The third kappa shape index (κ3) is 3.92. The van der Waals surface area contributed by atoms with Gasteiger partial charge in [0, 0.05) is 17.2 Å². The first-order chi connectivity index (χ1) is 15.8. The highest BCUT2D eigenvalue weighted by Crippen LogP contribution is 2.36. The van der Waals surface area contributed by atoms with Crippen LogP contribution in [0.25, 0.3) is 27.3 Å². The van der Waals surface area contributed by atoms with E-state index in [0.29, 0.717) is 5.75 Å². The lowest BCUT2D eigenvalue weighted by Gasteiger charge is -2.08. The minimum atomic E-state index is 0.692. The van der Waals surface area contributed by atoms with Crippen molar-refractivity contribution in [3.05, 3.63) is 72.1 Å². The zero-order valence-electron chi connectivity index (χ0n) is 17.4. The Hall–Kier alpha value is -3.43. The van der Waals surface area contributed by atoms with Crippen molar-refractivity contribution in [2.45, 2.75) is 10.8 Å². The molecule has 32 heavy (non-hydrogen) atoms. The van der Waals surface area contributed by atoms with Crippen LogP contribution in [0.5, 0.6) is 11.5 Å². The average molecular weight is 462 g/mol. The van der Waals surface area contributed by atoms with E-state index < -0.39 is 0 Å². The van der Waals surface area contributed by atoms with Crippen LogP contribution in [0, 0.1) is 0 Å². The largest absolute Gasteiger partial charge is 0.497 e. The summed E-state index contributed by atoms with van der Waals surface area (Å²) in [5.74, 6) is 2.18. The number of aromatic nitrogens is 5. The summed E-state index contributed by atoms with van der Waals surface area (Å²) in [6.07, 6.45) is 3.40. The molecule has 0 spiro atoms. The van der Waals surface area contributed by atoms with Crippen LogP contribution in [0.1, 0.15) is 5.69 Å². The number of thioether (sulfide) groups is 1.